The molecule has 1 aromatic rings. The maximum absolute atomic E-state index is 12.9. The molecule has 0 radical (unpaired) electrons. The fraction of sp³-hybridized carbons (Fsp3) is 0.474. The van der Waals surface area contributed by atoms with Crippen LogP contribution >= 0.6 is 0 Å². The quantitative estimate of drug-likeness (QED) is 0.649. The summed E-state index contributed by atoms with van der Waals surface area (Å²) >= 11 is 0. The molecule has 0 fully saturated rings. The molecule has 2 atom stereocenters. The zero-order valence-electron chi connectivity index (χ0n) is 15.3. The number of ketones is 1. The van der Waals surface area contributed by atoms with E-state index in [0.717, 1.165) is 0 Å². The Morgan fingerprint density at radius 3 is 2.31 bits per heavy atom. The Morgan fingerprint density at radius 2 is 1.73 bits per heavy atom. The lowest BCUT2D eigenvalue weighted by atomic mass is 9.89. The maximum Gasteiger partial charge on any atom is 0.318 e. The van der Waals surface area contributed by atoms with Crippen molar-refractivity contribution in [1.82, 2.24) is 5.32 Å². The molecule has 0 bridgehead atoms. The van der Waals surface area contributed by atoms with Crippen molar-refractivity contribution in [2.45, 2.75) is 45.8 Å². The third-order valence-electron chi connectivity index (χ3n) is 3.79. The summed E-state index contributed by atoms with van der Waals surface area (Å²) in [7, 11) is 0. The van der Waals surface area contributed by atoms with E-state index in [1.54, 1.807) is 39.8 Å². The van der Waals surface area contributed by atoms with Crippen LogP contribution in [-0.4, -0.2) is 41.9 Å². The minimum Gasteiger partial charge on any atom is -0.465 e. The average molecular weight is 361 g/mol. The predicted molar refractivity (Wildman–Crippen MR) is 92.6 cm³/mol. The van der Waals surface area contributed by atoms with Crippen LogP contribution in [0.5, 0.6) is 0 Å². The second-order valence-electron chi connectivity index (χ2n) is 7.01. The third kappa shape index (κ3) is 4.47. The third-order valence-corrected chi connectivity index (χ3v) is 3.79. The Balaban J connectivity index is 2.38. The molecule has 7 heteroatoms. The number of hydrogen-bond acceptors (Lipinski definition) is 6. The van der Waals surface area contributed by atoms with Crippen LogP contribution in [-0.2, 0) is 19.1 Å². The summed E-state index contributed by atoms with van der Waals surface area (Å²) < 4.78 is 10.3. The van der Waals surface area contributed by atoms with Gasteiger partial charge in [0.15, 0.2) is 5.78 Å². The normalized spacial score (nSPS) is 19.8. The van der Waals surface area contributed by atoms with Crippen molar-refractivity contribution in [2.24, 2.45) is 5.92 Å². The van der Waals surface area contributed by atoms with Crippen molar-refractivity contribution in [3.05, 3.63) is 35.4 Å². The zero-order chi connectivity index (χ0) is 19.5. The van der Waals surface area contributed by atoms with E-state index in [-0.39, 0.29) is 24.2 Å². The first kappa shape index (κ1) is 19.6. The molecular weight excluding hydrogens is 338 g/mol. The highest BCUT2D eigenvalue weighted by Gasteiger charge is 2.43. The molecule has 0 spiro atoms. The molecule has 0 aliphatic carbocycles. The number of hydrogen-bond donors (Lipinski definition) is 1. The molecule has 26 heavy (non-hydrogen) atoms. The Morgan fingerprint density at radius 1 is 1.12 bits per heavy atom. The van der Waals surface area contributed by atoms with Crippen molar-refractivity contribution >= 4 is 23.6 Å². The summed E-state index contributed by atoms with van der Waals surface area (Å²) in [5.41, 5.74) is -0.425. The number of amides is 1. The molecule has 7 nitrogen and oxygen atoms in total. The summed E-state index contributed by atoms with van der Waals surface area (Å²) in [6.07, 6.45) is -0.313. The van der Waals surface area contributed by atoms with Gasteiger partial charge in [-0.3, -0.25) is 19.2 Å². The second kappa shape index (κ2) is 7.68. The molecule has 140 valence electrons. The first-order valence-electron chi connectivity index (χ1n) is 8.46. The lowest BCUT2D eigenvalue weighted by Crippen LogP contribution is -2.46. The van der Waals surface area contributed by atoms with Crippen LogP contribution in [0.15, 0.2) is 24.3 Å². The van der Waals surface area contributed by atoms with Crippen molar-refractivity contribution in [2.75, 3.05) is 6.61 Å². The number of Topliss-reactive ketones (excluding diaryl/α,β-unsaturated/α-hetero) is 1. The van der Waals surface area contributed by atoms with Crippen LogP contribution in [0.1, 0.15) is 54.8 Å². The lowest BCUT2D eigenvalue weighted by Gasteiger charge is -2.25. The van der Waals surface area contributed by atoms with Crippen LogP contribution in [0.25, 0.3) is 0 Å². The SMILES string of the molecule is CCOC(=O)C1C(=O)c2ccccc2C(=O)NC1CC(=O)OC(C)(C)C. The molecule has 1 N–H and O–H groups in total. The molecule has 1 aromatic carbocycles. The van der Waals surface area contributed by atoms with Gasteiger partial charge in [-0.25, -0.2) is 0 Å². The van der Waals surface area contributed by atoms with Gasteiger partial charge >= 0.3 is 11.9 Å². The number of carbonyl (C=O) groups is 4. The van der Waals surface area contributed by atoms with E-state index >= 15 is 0 Å². The first-order valence-corrected chi connectivity index (χ1v) is 8.46. The standard InChI is InChI=1S/C19H23NO6/c1-5-25-18(24)15-13(10-14(21)26-19(2,3)4)20-17(23)12-9-7-6-8-11(12)16(15)22/h6-9,13,15H,5,10H2,1-4H3,(H,20,23). The van der Waals surface area contributed by atoms with E-state index in [1.165, 1.54) is 12.1 Å². The molecule has 1 amide bonds. The van der Waals surface area contributed by atoms with Gasteiger partial charge in [0.25, 0.3) is 5.91 Å². The van der Waals surface area contributed by atoms with Gasteiger partial charge in [-0.05, 0) is 33.8 Å². The number of rotatable bonds is 4. The van der Waals surface area contributed by atoms with Gasteiger partial charge in [0, 0.05) is 5.56 Å². The zero-order valence-corrected chi connectivity index (χ0v) is 15.3. The fourth-order valence-corrected chi connectivity index (χ4v) is 2.81. The highest BCUT2D eigenvalue weighted by molar-refractivity contribution is 6.16. The Kier molecular flexibility index (Phi) is 5.79. The lowest BCUT2D eigenvalue weighted by molar-refractivity contribution is -0.156. The van der Waals surface area contributed by atoms with Crippen LogP contribution in [0, 0.1) is 5.92 Å². The van der Waals surface area contributed by atoms with Crippen LogP contribution in [0.3, 0.4) is 0 Å². The van der Waals surface area contributed by atoms with Crippen molar-refractivity contribution in [3.8, 4) is 0 Å². The van der Waals surface area contributed by atoms with Crippen molar-refractivity contribution in [3.63, 3.8) is 0 Å². The van der Waals surface area contributed by atoms with Gasteiger partial charge < -0.3 is 14.8 Å². The van der Waals surface area contributed by atoms with E-state index < -0.39 is 41.2 Å². The minimum absolute atomic E-state index is 0.0807. The van der Waals surface area contributed by atoms with Gasteiger partial charge in [-0.2, -0.15) is 0 Å². The van der Waals surface area contributed by atoms with Crippen molar-refractivity contribution < 1.29 is 28.7 Å². The summed E-state index contributed by atoms with van der Waals surface area (Å²) in [5, 5.41) is 2.61. The summed E-state index contributed by atoms with van der Waals surface area (Å²) in [5.74, 6) is -3.77. The van der Waals surface area contributed by atoms with Crippen LogP contribution in [0.2, 0.25) is 0 Å². The molecule has 0 saturated carbocycles. The Labute approximate surface area is 152 Å². The molecule has 1 aliphatic heterocycles. The largest absolute Gasteiger partial charge is 0.465 e. The molecular formula is C19H23NO6. The number of esters is 2. The topological polar surface area (TPSA) is 98.8 Å². The number of fused-ring (bicyclic) bond motifs is 1. The number of ether oxygens (including phenoxy) is 2. The van der Waals surface area contributed by atoms with Gasteiger partial charge in [0.05, 0.1) is 24.6 Å². The monoisotopic (exact) mass is 361 g/mol. The molecule has 2 rings (SSSR count). The Bertz CT molecular complexity index is 734. The fourth-order valence-electron chi connectivity index (χ4n) is 2.81. The maximum atomic E-state index is 12.9. The molecule has 0 saturated heterocycles. The molecule has 0 aromatic heterocycles. The summed E-state index contributed by atoms with van der Waals surface area (Å²) in [4.78, 5) is 50.0. The van der Waals surface area contributed by atoms with Crippen LogP contribution < -0.4 is 5.32 Å². The first-order chi connectivity index (χ1) is 12.1. The van der Waals surface area contributed by atoms with Gasteiger partial charge in [0.1, 0.15) is 11.5 Å². The predicted octanol–water partition coefficient (Wildman–Crippen LogP) is 1.89. The van der Waals surface area contributed by atoms with E-state index in [0.29, 0.717) is 0 Å². The summed E-state index contributed by atoms with van der Waals surface area (Å²) in [6, 6.07) is 5.18. The van der Waals surface area contributed by atoms with E-state index in [9.17, 15) is 19.2 Å². The number of benzene rings is 1. The van der Waals surface area contributed by atoms with Gasteiger partial charge in [-0.15, -0.1) is 0 Å². The highest BCUT2D eigenvalue weighted by Crippen LogP contribution is 2.25. The molecule has 2 unspecified atom stereocenters. The number of carbonyl (C=O) groups excluding carboxylic acids is 4. The average Bonchev–Trinajstić information content (AvgIpc) is 2.62. The second-order valence-corrected chi connectivity index (χ2v) is 7.01. The molecule has 1 aliphatic rings. The van der Waals surface area contributed by atoms with Crippen LogP contribution in [0.4, 0.5) is 0 Å². The number of nitrogens with one attached hydrogen (secondary N) is 1. The van der Waals surface area contributed by atoms with E-state index in [4.69, 9.17) is 9.47 Å². The van der Waals surface area contributed by atoms with Crippen molar-refractivity contribution in [1.29, 1.82) is 0 Å². The summed E-state index contributed by atoms with van der Waals surface area (Å²) in [6.45, 7) is 6.83. The van der Waals surface area contributed by atoms with E-state index in [1.807, 2.05) is 0 Å². The Hall–Kier alpha value is -2.70. The van der Waals surface area contributed by atoms with Gasteiger partial charge in [0.2, 0.25) is 0 Å². The van der Waals surface area contributed by atoms with E-state index in [2.05, 4.69) is 5.32 Å². The highest BCUT2D eigenvalue weighted by atomic mass is 16.6. The molecule has 1 heterocycles. The van der Waals surface area contributed by atoms with Gasteiger partial charge in [-0.1, -0.05) is 18.2 Å². The minimum atomic E-state index is -1.31. The smallest absolute Gasteiger partial charge is 0.318 e.